The van der Waals surface area contributed by atoms with Crippen molar-refractivity contribution in [3.8, 4) is 0 Å². The molecule has 2 amide bonds. The number of nitrogens with zero attached hydrogens (tertiary/aromatic N) is 5. The van der Waals surface area contributed by atoms with E-state index >= 15 is 0 Å². The molecule has 214 valence electrons. The number of hydrogen-bond acceptors (Lipinski definition) is 7. The second-order valence-corrected chi connectivity index (χ2v) is 11.5. The van der Waals surface area contributed by atoms with Gasteiger partial charge in [-0.1, -0.05) is 0 Å². The molecule has 2 fully saturated rings. The van der Waals surface area contributed by atoms with Crippen LogP contribution in [0.2, 0.25) is 0 Å². The van der Waals surface area contributed by atoms with Crippen LogP contribution in [-0.4, -0.2) is 54.7 Å². The van der Waals surface area contributed by atoms with Crippen LogP contribution in [0.4, 0.5) is 38.7 Å². The van der Waals surface area contributed by atoms with Gasteiger partial charge in [0.25, 0.3) is 5.91 Å². The van der Waals surface area contributed by atoms with Crippen LogP contribution < -0.4 is 16.0 Å². The van der Waals surface area contributed by atoms with Gasteiger partial charge in [0.05, 0.1) is 11.5 Å². The van der Waals surface area contributed by atoms with Crippen LogP contribution >= 0.6 is 11.3 Å². The molecule has 6 rings (SSSR count). The third kappa shape index (κ3) is 5.04. The molecule has 0 radical (unpaired) electrons. The molecule has 40 heavy (non-hydrogen) atoms. The molecule has 0 bridgehead atoms. The zero-order valence-electron chi connectivity index (χ0n) is 21.1. The fourth-order valence-electron chi connectivity index (χ4n) is 5.13. The summed E-state index contributed by atoms with van der Waals surface area (Å²) in [6.07, 6.45) is -3.23. The van der Waals surface area contributed by atoms with Gasteiger partial charge in [-0.25, -0.2) is 8.78 Å². The molecule has 16 heteroatoms. The third-order valence-corrected chi connectivity index (χ3v) is 8.75. The van der Waals surface area contributed by atoms with E-state index in [9.17, 15) is 31.5 Å². The van der Waals surface area contributed by atoms with E-state index in [-0.39, 0.29) is 48.7 Å². The molecule has 0 unspecified atom stereocenters. The van der Waals surface area contributed by atoms with E-state index in [1.807, 2.05) is 0 Å². The maximum absolute atomic E-state index is 13.5. The number of hydrogen-bond donors (Lipinski definition) is 3. The van der Waals surface area contributed by atoms with Gasteiger partial charge in [0, 0.05) is 30.1 Å². The minimum atomic E-state index is -4.61. The summed E-state index contributed by atoms with van der Waals surface area (Å²) in [5.74, 6) is -1.39. The standard InChI is InChI=1S/C24H25F5N8O2S/c1-36-18(8-17(35-36)24(27,28)29)32-23-34-30-9-37(23)12-2-3-16-14(6-12)19(21(39)31-11-4-10(25)5-11)22(40-16)33-20(38)13-7-15(13)26/h8-13,15H,2-7H2,1H3,(H,31,39)(H,32,34)(H,33,38)/t10-,11-,12-,13-,15+/m0/s1. The minimum Gasteiger partial charge on any atom is -0.349 e. The Morgan fingerprint density at radius 1 is 1.18 bits per heavy atom. The molecule has 3 aliphatic rings. The minimum absolute atomic E-state index is 0.0663. The second kappa shape index (κ2) is 9.82. The monoisotopic (exact) mass is 584 g/mol. The number of nitrogens with one attached hydrogen (secondary N) is 3. The Balaban J connectivity index is 1.26. The van der Waals surface area contributed by atoms with E-state index in [1.54, 1.807) is 4.57 Å². The Morgan fingerprint density at radius 2 is 1.93 bits per heavy atom. The first-order chi connectivity index (χ1) is 19.0. The zero-order valence-corrected chi connectivity index (χ0v) is 22.0. The molecule has 0 aromatic carbocycles. The number of carbonyl (C=O) groups excluding carboxylic acids is 2. The van der Waals surface area contributed by atoms with Crippen LogP contribution in [0.1, 0.15) is 58.2 Å². The lowest BCUT2D eigenvalue weighted by Crippen LogP contribution is -2.45. The molecule has 2 saturated carbocycles. The molecule has 3 N–H and O–H groups in total. The van der Waals surface area contributed by atoms with E-state index in [1.165, 1.54) is 24.7 Å². The topological polar surface area (TPSA) is 119 Å². The van der Waals surface area contributed by atoms with Crippen molar-refractivity contribution >= 4 is 39.9 Å². The zero-order chi connectivity index (χ0) is 28.3. The Kier molecular flexibility index (Phi) is 6.54. The number of aryl methyl sites for hydroxylation is 2. The highest BCUT2D eigenvalue weighted by molar-refractivity contribution is 7.17. The molecular formula is C24H25F5N8O2S. The molecular weight excluding hydrogens is 559 g/mol. The fraction of sp³-hybridized carbons (Fsp3) is 0.542. The van der Waals surface area contributed by atoms with Gasteiger partial charge in [0.2, 0.25) is 11.9 Å². The number of amides is 2. The smallest absolute Gasteiger partial charge is 0.349 e. The van der Waals surface area contributed by atoms with Crippen molar-refractivity contribution in [2.45, 2.75) is 69.1 Å². The summed E-state index contributed by atoms with van der Waals surface area (Å²) in [5, 5.41) is 20.2. The maximum atomic E-state index is 13.5. The average molecular weight is 585 g/mol. The fourth-order valence-corrected chi connectivity index (χ4v) is 6.38. The highest BCUT2D eigenvalue weighted by atomic mass is 32.1. The second-order valence-electron chi connectivity index (χ2n) is 10.4. The highest BCUT2D eigenvalue weighted by Crippen LogP contribution is 2.43. The number of halogens is 5. The predicted octanol–water partition coefficient (Wildman–Crippen LogP) is 4.09. The lowest BCUT2D eigenvalue weighted by atomic mass is 9.89. The summed E-state index contributed by atoms with van der Waals surface area (Å²) in [5.41, 5.74) is -0.0667. The van der Waals surface area contributed by atoms with Crippen molar-refractivity contribution in [1.29, 1.82) is 0 Å². The quantitative estimate of drug-likeness (QED) is 0.360. The first-order valence-electron chi connectivity index (χ1n) is 12.8. The highest BCUT2D eigenvalue weighted by Gasteiger charge is 2.44. The number of fused-ring (bicyclic) bond motifs is 1. The van der Waals surface area contributed by atoms with Gasteiger partial charge in [-0.3, -0.25) is 18.8 Å². The summed E-state index contributed by atoms with van der Waals surface area (Å²) in [6.45, 7) is 0. The first-order valence-corrected chi connectivity index (χ1v) is 13.6. The number of aromatic nitrogens is 5. The van der Waals surface area contributed by atoms with Gasteiger partial charge in [-0.05, 0) is 44.1 Å². The molecule has 3 aromatic rings. The van der Waals surface area contributed by atoms with E-state index < -0.39 is 41.9 Å². The molecule has 0 aliphatic heterocycles. The van der Waals surface area contributed by atoms with Gasteiger partial charge in [-0.2, -0.15) is 18.3 Å². The maximum Gasteiger partial charge on any atom is 0.435 e. The number of rotatable bonds is 7. The Labute approximate surface area is 228 Å². The van der Waals surface area contributed by atoms with E-state index in [2.05, 4.69) is 31.2 Å². The predicted molar refractivity (Wildman–Crippen MR) is 134 cm³/mol. The molecule has 0 saturated heterocycles. The van der Waals surface area contributed by atoms with Gasteiger partial charge >= 0.3 is 6.18 Å². The number of anilines is 3. The SMILES string of the molecule is Cn1nc(C(F)(F)F)cc1Nc1nncn1[C@H]1CCc2sc(NC(=O)[C@H]3C[C@H]3F)c(C(=O)N[C@H]3C[C@H](F)C3)c2C1. The number of thiophene rings is 1. The van der Waals surface area contributed by atoms with Crippen LogP contribution in [-0.2, 0) is 30.9 Å². The van der Waals surface area contributed by atoms with Crippen molar-refractivity contribution in [1.82, 2.24) is 29.9 Å². The van der Waals surface area contributed by atoms with Crippen LogP contribution in [0.15, 0.2) is 12.4 Å². The number of alkyl halides is 5. The third-order valence-electron chi connectivity index (χ3n) is 7.54. The van der Waals surface area contributed by atoms with Crippen LogP contribution in [0.3, 0.4) is 0 Å². The molecule has 3 aliphatic carbocycles. The first kappa shape index (κ1) is 26.7. The normalized spacial score (nSPS) is 25.6. The van der Waals surface area contributed by atoms with Crippen LogP contribution in [0, 0.1) is 5.92 Å². The van der Waals surface area contributed by atoms with Gasteiger partial charge in [-0.15, -0.1) is 21.5 Å². The lowest BCUT2D eigenvalue weighted by molar-refractivity contribution is -0.141. The van der Waals surface area contributed by atoms with Crippen molar-refractivity contribution in [3.63, 3.8) is 0 Å². The Hall–Kier alpha value is -3.56. The van der Waals surface area contributed by atoms with Crippen molar-refractivity contribution in [2.24, 2.45) is 13.0 Å². The van der Waals surface area contributed by atoms with Gasteiger partial charge < -0.3 is 16.0 Å². The van der Waals surface area contributed by atoms with Gasteiger partial charge in [0.15, 0.2) is 5.69 Å². The average Bonchev–Trinajstić information content (AvgIpc) is 3.19. The van der Waals surface area contributed by atoms with Crippen molar-refractivity contribution < 1.29 is 31.5 Å². The summed E-state index contributed by atoms with van der Waals surface area (Å²) in [6, 6.07) is 0.301. The summed E-state index contributed by atoms with van der Waals surface area (Å²) >= 11 is 1.27. The van der Waals surface area contributed by atoms with E-state index in [0.717, 1.165) is 15.6 Å². The molecule has 3 aromatic heterocycles. The number of carbonyl (C=O) groups is 2. The largest absolute Gasteiger partial charge is 0.435 e. The summed E-state index contributed by atoms with van der Waals surface area (Å²) in [7, 11) is 1.37. The molecule has 0 spiro atoms. The van der Waals surface area contributed by atoms with Crippen LogP contribution in [0.5, 0.6) is 0 Å². The Morgan fingerprint density at radius 3 is 2.58 bits per heavy atom. The van der Waals surface area contributed by atoms with E-state index in [0.29, 0.717) is 29.8 Å². The van der Waals surface area contributed by atoms with Crippen molar-refractivity contribution in [2.75, 3.05) is 10.6 Å². The van der Waals surface area contributed by atoms with Crippen molar-refractivity contribution in [3.05, 3.63) is 34.1 Å². The molecule has 3 heterocycles. The molecule has 3 atom stereocenters. The molecule has 10 nitrogen and oxygen atoms in total. The van der Waals surface area contributed by atoms with Crippen LogP contribution in [0.25, 0.3) is 0 Å². The summed E-state index contributed by atoms with van der Waals surface area (Å²) in [4.78, 5) is 26.8. The Bertz CT molecular complexity index is 1460. The lowest BCUT2D eigenvalue weighted by Gasteiger charge is -2.31. The van der Waals surface area contributed by atoms with Gasteiger partial charge in [0.1, 0.15) is 29.5 Å². The summed E-state index contributed by atoms with van der Waals surface area (Å²) < 4.78 is 69.0. The van der Waals surface area contributed by atoms with E-state index in [4.69, 9.17) is 0 Å².